The van der Waals surface area contributed by atoms with Crippen molar-refractivity contribution in [2.75, 3.05) is 0 Å². The van der Waals surface area contributed by atoms with E-state index < -0.39 is 0 Å². The van der Waals surface area contributed by atoms with Crippen molar-refractivity contribution >= 4 is 0 Å². The minimum atomic E-state index is 0. The fourth-order valence-corrected chi connectivity index (χ4v) is 0. The molecule has 0 aliphatic rings. The summed E-state index contributed by atoms with van der Waals surface area (Å²) in [4.78, 5) is 0. The topological polar surface area (TPSA) is 0 Å². The minimum Gasteiger partial charge on any atom is -0.394 e. The Bertz CT molecular complexity index is 25.9. The second-order valence-corrected chi connectivity index (χ2v) is 0.385. The molecule has 0 aromatic carbocycles. The van der Waals surface area contributed by atoms with Gasteiger partial charge in [0.2, 0.25) is 0 Å². The third kappa shape index (κ3) is 327. The molecule has 0 atom stereocenters. The van der Waals surface area contributed by atoms with Gasteiger partial charge >= 0.3 is 31.1 Å². The van der Waals surface area contributed by atoms with Crippen molar-refractivity contribution in [3.8, 4) is 0 Å². The predicted molar refractivity (Wildman–Crippen MR) is 51.8 cm³/mol. The van der Waals surface area contributed by atoms with Gasteiger partial charge in [0.05, 0.1) is 0 Å². The van der Waals surface area contributed by atoms with E-state index in [4.69, 9.17) is 13.2 Å². The number of allylic oxidation sites excluding steroid dienone is 2. The quantitative estimate of drug-likeness (QED) is 0.476. The van der Waals surface area contributed by atoms with Crippen molar-refractivity contribution in [1.29, 1.82) is 0 Å². The van der Waals surface area contributed by atoms with Crippen molar-refractivity contribution in [1.82, 2.24) is 0 Å². The van der Waals surface area contributed by atoms with Gasteiger partial charge in [-0.05, 0) is 0 Å². The molecule has 0 rings (SSSR count). The Hall–Kier alpha value is 0.532. The summed E-state index contributed by atoms with van der Waals surface area (Å²) in [7, 11) is 0. The average Bonchev–Trinajstić information content (AvgIpc) is 2.14. The van der Waals surface area contributed by atoms with Crippen LogP contribution in [0.5, 0.6) is 0 Å². The molecule has 0 saturated heterocycles. The summed E-state index contributed by atoms with van der Waals surface area (Å²) in [6, 6.07) is 0. The molecule has 0 fully saturated rings. The van der Waals surface area contributed by atoms with Crippen LogP contribution >= 0.6 is 0 Å². The minimum absolute atomic E-state index is 0. The Morgan fingerprint density at radius 2 is 0.727 bits per heavy atom. The van der Waals surface area contributed by atoms with Crippen molar-refractivity contribution in [2.24, 2.45) is 0 Å². The molecular weight excluding hydrogens is 358 g/mol. The molecule has 0 unspecified atom stereocenters. The van der Waals surface area contributed by atoms with Crippen LogP contribution in [0.25, 0.3) is 0 Å². The monoisotopic (exact) mass is 380 g/mol. The largest absolute Gasteiger partial charge is 2.00 e. The van der Waals surface area contributed by atoms with E-state index >= 15 is 0 Å². The molecule has 0 bridgehead atoms. The number of hydrogen-bond acceptors (Lipinski definition) is 0. The Labute approximate surface area is 97.5 Å². The summed E-state index contributed by atoms with van der Waals surface area (Å²) in [6.45, 7) is 21.4. The van der Waals surface area contributed by atoms with Crippen LogP contribution in [-0.4, -0.2) is 0 Å². The van der Waals surface area contributed by atoms with Crippen LogP contribution in [0.3, 0.4) is 0 Å². The zero-order valence-electron chi connectivity index (χ0n) is 8.81. The predicted octanol–water partition coefficient (Wildman–Crippen LogP) is 4.04. The molecule has 0 nitrogen and oxygen atoms in total. The molecule has 0 radical (unpaired) electrons. The van der Waals surface area contributed by atoms with Gasteiger partial charge in [-0.3, -0.25) is 0 Å². The molecular formula is C10H22U. The van der Waals surface area contributed by atoms with E-state index in [1.54, 1.807) is 0 Å². The average molecular weight is 380 g/mol. The van der Waals surface area contributed by atoms with Gasteiger partial charge < -0.3 is 25.3 Å². The molecule has 66 valence electrons. The third-order valence-corrected chi connectivity index (χ3v) is 0.111. The van der Waals surface area contributed by atoms with E-state index in [0.717, 1.165) is 0 Å². The maximum absolute atomic E-state index is 4.72. The van der Waals surface area contributed by atoms with Crippen molar-refractivity contribution < 1.29 is 31.1 Å². The van der Waals surface area contributed by atoms with E-state index in [1.807, 2.05) is 41.5 Å². The van der Waals surface area contributed by atoms with Crippen molar-refractivity contribution in [3.63, 3.8) is 0 Å². The summed E-state index contributed by atoms with van der Waals surface area (Å²) in [5.74, 6) is 0. The molecule has 0 aromatic rings. The Morgan fingerprint density at radius 1 is 0.636 bits per heavy atom. The van der Waals surface area contributed by atoms with Crippen LogP contribution in [0.2, 0.25) is 0 Å². The summed E-state index contributed by atoms with van der Waals surface area (Å²) < 4.78 is 0. The van der Waals surface area contributed by atoms with Gasteiger partial charge in [-0.25, -0.2) is 0 Å². The smallest absolute Gasteiger partial charge is 0.394 e. The standard InChI is InChI=1S/C4H4.3C2H6.U/c1-3-4-2;3*1-2;/h1-4H;3*1-2H3;/q-2;;;;+2. The van der Waals surface area contributed by atoms with E-state index in [2.05, 4.69) is 0 Å². The zero-order chi connectivity index (χ0) is 9.41. The summed E-state index contributed by atoms with van der Waals surface area (Å²) >= 11 is 0. The van der Waals surface area contributed by atoms with Crippen LogP contribution in [0.4, 0.5) is 0 Å². The van der Waals surface area contributed by atoms with Gasteiger partial charge in [-0.15, -0.1) is 0 Å². The van der Waals surface area contributed by atoms with Crippen LogP contribution in [0.15, 0.2) is 12.2 Å². The maximum Gasteiger partial charge on any atom is 2.00 e. The second kappa shape index (κ2) is 149. The molecule has 0 spiro atoms. The SMILES string of the molecule is CC.CC.CC.[CH-]=CC=[CH-].[U+2]. The van der Waals surface area contributed by atoms with E-state index in [9.17, 15) is 0 Å². The molecule has 0 aliphatic carbocycles. The third-order valence-electron chi connectivity index (χ3n) is 0.111. The van der Waals surface area contributed by atoms with Gasteiger partial charge in [0.15, 0.2) is 0 Å². The van der Waals surface area contributed by atoms with Gasteiger partial charge in [-0.1, -0.05) is 41.5 Å². The van der Waals surface area contributed by atoms with Crippen molar-refractivity contribution in [2.45, 2.75) is 41.5 Å². The Balaban J connectivity index is -0.0000000152. The fourth-order valence-electron chi connectivity index (χ4n) is 0. The number of rotatable bonds is 1. The first kappa shape index (κ1) is 30.0. The molecule has 0 amide bonds. The molecule has 11 heavy (non-hydrogen) atoms. The molecule has 1 heteroatoms. The summed E-state index contributed by atoms with van der Waals surface area (Å²) in [5.41, 5.74) is 0. The normalized spacial score (nSPS) is 3.45. The number of hydrogen-bond donors (Lipinski definition) is 0. The van der Waals surface area contributed by atoms with Gasteiger partial charge in [0.1, 0.15) is 0 Å². The van der Waals surface area contributed by atoms with E-state index in [0.29, 0.717) is 0 Å². The van der Waals surface area contributed by atoms with E-state index in [1.165, 1.54) is 12.2 Å². The summed E-state index contributed by atoms with van der Waals surface area (Å²) in [5, 5.41) is 0. The van der Waals surface area contributed by atoms with Crippen LogP contribution in [-0.2, 0) is 0 Å². The van der Waals surface area contributed by atoms with Crippen molar-refractivity contribution in [3.05, 3.63) is 25.3 Å². The first-order valence-electron chi connectivity index (χ1n) is 4.00. The summed E-state index contributed by atoms with van der Waals surface area (Å²) in [6.07, 6.45) is 2.56. The molecule has 0 aliphatic heterocycles. The Kier molecular flexibility index (Phi) is 407. The van der Waals surface area contributed by atoms with Gasteiger partial charge in [0, 0.05) is 0 Å². The van der Waals surface area contributed by atoms with Crippen LogP contribution in [0.1, 0.15) is 41.5 Å². The first-order valence-corrected chi connectivity index (χ1v) is 4.00. The molecule has 0 aromatic heterocycles. The van der Waals surface area contributed by atoms with Crippen LogP contribution < -0.4 is 0 Å². The van der Waals surface area contributed by atoms with Gasteiger partial charge in [0.25, 0.3) is 0 Å². The van der Waals surface area contributed by atoms with Gasteiger partial charge in [-0.2, -0.15) is 0 Å². The van der Waals surface area contributed by atoms with Crippen LogP contribution in [0, 0.1) is 44.3 Å². The Morgan fingerprint density at radius 3 is 0.727 bits per heavy atom. The first-order chi connectivity index (χ1) is 4.91. The molecule has 0 saturated carbocycles. The maximum atomic E-state index is 4.72. The molecule has 0 heterocycles. The van der Waals surface area contributed by atoms with E-state index in [-0.39, 0.29) is 31.1 Å². The fraction of sp³-hybridized carbons (Fsp3) is 0.600. The molecule has 0 N–H and O–H groups in total. The zero-order valence-corrected chi connectivity index (χ0v) is 13.0. The second-order valence-electron chi connectivity index (χ2n) is 0.385.